The monoisotopic (exact) mass is 251 g/mol. The summed E-state index contributed by atoms with van der Waals surface area (Å²) in [6, 6.07) is 0.586. The van der Waals surface area contributed by atoms with Crippen molar-refractivity contribution in [2.24, 2.45) is 5.41 Å². The molecule has 0 aliphatic heterocycles. The fourth-order valence-corrected chi connectivity index (χ4v) is 2.85. The largest absolute Gasteiger partial charge is 0.378 e. The number of ether oxygens (including phenoxy) is 1. The zero-order valence-electron chi connectivity index (χ0n) is 11.7. The normalized spacial score (nSPS) is 31.3. The van der Waals surface area contributed by atoms with Crippen LogP contribution in [0.1, 0.15) is 33.6 Å². The highest BCUT2D eigenvalue weighted by atomic mass is 16.5. The number of imidazole rings is 1. The van der Waals surface area contributed by atoms with Gasteiger partial charge in [0.05, 0.1) is 12.4 Å². The second-order valence-electron chi connectivity index (χ2n) is 5.35. The van der Waals surface area contributed by atoms with E-state index in [1.807, 2.05) is 18.7 Å². The lowest BCUT2D eigenvalue weighted by atomic mass is 9.61. The van der Waals surface area contributed by atoms with Crippen LogP contribution in [0.25, 0.3) is 0 Å². The molecule has 4 nitrogen and oxygen atoms in total. The van der Waals surface area contributed by atoms with Crippen LogP contribution in [0, 0.1) is 5.41 Å². The first-order chi connectivity index (χ1) is 8.70. The minimum absolute atomic E-state index is 0.297. The average molecular weight is 251 g/mol. The van der Waals surface area contributed by atoms with Crippen LogP contribution >= 0.6 is 0 Å². The van der Waals surface area contributed by atoms with Gasteiger partial charge < -0.3 is 14.6 Å². The van der Waals surface area contributed by atoms with Crippen LogP contribution in [0.3, 0.4) is 0 Å². The lowest BCUT2D eigenvalue weighted by Gasteiger charge is -2.53. The fraction of sp³-hybridized carbons (Fsp3) is 0.786. The molecule has 18 heavy (non-hydrogen) atoms. The van der Waals surface area contributed by atoms with Gasteiger partial charge in [0.2, 0.25) is 0 Å². The van der Waals surface area contributed by atoms with Crippen LogP contribution in [0.5, 0.6) is 0 Å². The number of nitrogens with zero attached hydrogens (tertiary/aromatic N) is 2. The Hall–Kier alpha value is -0.870. The Morgan fingerprint density at radius 3 is 2.94 bits per heavy atom. The van der Waals surface area contributed by atoms with Crippen molar-refractivity contribution in [3.8, 4) is 0 Å². The van der Waals surface area contributed by atoms with E-state index in [0.717, 1.165) is 26.1 Å². The standard InChI is InChI=1S/C14H25N3O/c1-4-14(3)12(10-13(14)18-5-2)16-7-9-17-8-6-15-11-17/h6,8,11-13,16H,4-5,7,9-10H2,1-3H3. The van der Waals surface area contributed by atoms with Gasteiger partial charge in [-0.25, -0.2) is 4.98 Å². The smallest absolute Gasteiger partial charge is 0.0946 e. The lowest BCUT2D eigenvalue weighted by molar-refractivity contribution is -0.125. The van der Waals surface area contributed by atoms with Crippen molar-refractivity contribution < 1.29 is 4.74 Å². The fourth-order valence-electron chi connectivity index (χ4n) is 2.85. The highest BCUT2D eigenvalue weighted by molar-refractivity contribution is 5.04. The van der Waals surface area contributed by atoms with Crippen molar-refractivity contribution >= 4 is 0 Å². The van der Waals surface area contributed by atoms with E-state index in [1.165, 1.54) is 6.42 Å². The van der Waals surface area contributed by atoms with Crippen LogP contribution in [-0.2, 0) is 11.3 Å². The average Bonchev–Trinajstić information content (AvgIpc) is 2.89. The van der Waals surface area contributed by atoms with Crippen molar-refractivity contribution in [3.05, 3.63) is 18.7 Å². The van der Waals surface area contributed by atoms with Crippen molar-refractivity contribution in [1.82, 2.24) is 14.9 Å². The van der Waals surface area contributed by atoms with E-state index >= 15 is 0 Å². The Bertz CT molecular complexity index is 352. The summed E-state index contributed by atoms with van der Waals surface area (Å²) in [6.07, 6.45) is 8.43. The van der Waals surface area contributed by atoms with Crippen LogP contribution in [0.4, 0.5) is 0 Å². The molecule has 0 amide bonds. The molecule has 0 spiro atoms. The molecule has 1 fully saturated rings. The van der Waals surface area contributed by atoms with E-state index in [9.17, 15) is 0 Å². The summed E-state index contributed by atoms with van der Waals surface area (Å²) in [6.45, 7) is 9.48. The maximum Gasteiger partial charge on any atom is 0.0946 e. The summed E-state index contributed by atoms with van der Waals surface area (Å²) in [7, 11) is 0. The lowest BCUT2D eigenvalue weighted by Crippen LogP contribution is -2.62. The molecule has 1 N–H and O–H groups in total. The molecule has 1 aliphatic carbocycles. The van der Waals surface area contributed by atoms with Gasteiger partial charge in [-0.2, -0.15) is 0 Å². The molecule has 0 aromatic carbocycles. The molecule has 1 heterocycles. The van der Waals surface area contributed by atoms with E-state index in [-0.39, 0.29) is 0 Å². The van der Waals surface area contributed by atoms with Crippen molar-refractivity contribution in [2.75, 3.05) is 13.2 Å². The zero-order chi connectivity index (χ0) is 13.0. The minimum atomic E-state index is 0.297. The van der Waals surface area contributed by atoms with Gasteiger partial charge in [-0.1, -0.05) is 13.8 Å². The molecule has 1 aromatic rings. The van der Waals surface area contributed by atoms with E-state index in [4.69, 9.17) is 4.74 Å². The third-order valence-electron chi connectivity index (χ3n) is 4.43. The van der Waals surface area contributed by atoms with E-state index in [0.29, 0.717) is 17.6 Å². The SMILES string of the molecule is CCOC1CC(NCCn2ccnc2)C1(C)CC. The molecule has 102 valence electrons. The molecule has 4 heteroatoms. The van der Waals surface area contributed by atoms with Crippen LogP contribution in [0.2, 0.25) is 0 Å². The molecule has 2 rings (SSSR count). The summed E-state index contributed by atoms with van der Waals surface area (Å²) in [5.41, 5.74) is 0.297. The Labute approximate surface area is 110 Å². The van der Waals surface area contributed by atoms with Crippen molar-refractivity contribution in [2.45, 2.75) is 52.3 Å². The van der Waals surface area contributed by atoms with E-state index < -0.39 is 0 Å². The van der Waals surface area contributed by atoms with Crippen molar-refractivity contribution in [3.63, 3.8) is 0 Å². The van der Waals surface area contributed by atoms with Gasteiger partial charge in [-0.15, -0.1) is 0 Å². The van der Waals surface area contributed by atoms with Gasteiger partial charge in [0.15, 0.2) is 0 Å². The maximum absolute atomic E-state index is 5.81. The predicted molar refractivity (Wildman–Crippen MR) is 72.4 cm³/mol. The zero-order valence-corrected chi connectivity index (χ0v) is 11.7. The first-order valence-corrected chi connectivity index (χ1v) is 7.01. The van der Waals surface area contributed by atoms with Gasteiger partial charge >= 0.3 is 0 Å². The molecular weight excluding hydrogens is 226 g/mol. The summed E-state index contributed by atoms with van der Waals surface area (Å²) < 4.78 is 7.92. The summed E-state index contributed by atoms with van der Waals surface area (Å²) in [4.78, 5) is 4.05. The van der Waals surface area contributed by atoms with Gasteiger partial charge in [0.25, 0.3) is 0 Å². The van der Waals surface area contributed by atoms with Gasteiger partial charge in [-0.3, -0.25) is 0 Å². The Kier molecular flexibility index (Phi) is 4.40. The Morgan fingerprint density at radius 1 is 1.50 bits per heavy atom. The van der Waals surface area contributed by atoms with Crippen LogP contribution < -0.4 is 5.32 Å². The first kappa shape index (κ1) is 13.6. The third-order valence-corrected chi connectivity index (χ3v) is 4.43. The number of aromatic nitrogens is 2. The predicted octanol–water partition coefficient (Wildman–Crippen LogP) is 2.07. The topological polar surface area (TPSA) is 39.1 Å². The van der Waals surface area contributed by atoms with Crippen LogP contribution in [0.15, 0.2) is 18.7 Å². The molecular formula is C14H25N3O. The highest BCUT2D eigenvalue weighted by Crippen LogP contribution is 2.45. The molecule has 1 aromatic heterocycles. The second kappa shape index (κ2) is 5.85. The number of rotatable bonds is 7. The third kappa shape index (κ3) is 2.59. The highest BCUT2D eigenvalue weighted by Gasteiger charge is 2.50. The van der Waals surface area contributed by atoms with Crippen LogP contribution in [-0.4, -0.2) is 34.8 Å². The first-order valence-electron chi connectivity index (χ1n) is 7.01. The molecule has 3 unspecified atom stereocenters. The molecule has 0 bridgehead atoms. The molecule has 1 aliphatic rings. The summed E-state index contributed by atoms with van der Waals surface area (Å²) in [5, 5.41) is 3.66. The summed E-state index contributed by atoms with van der Waals surface area (Å²) >= 11 is 0. The molecule has 0 saturated heterocycles. The summed E-state index contributed by atoms with van der Waals surface area (Å²) in [5.74, 6) is 0. The Balaban J connectivity index is 1.76. The quantitative estimate of drug-likeness (QED) is 0.806. The second-order valence-corrected chi connectivity index (χ2v) is 5.35. The molecule has 0 radical (unpaired) electrons. The minimum Gasteiger partial charge on any atom is -0.378 e. The van der Waals surface area contributed by atoms with E-state index in [1.54, 1.807) is 0 Å². The number of hydrogen-bond donors (Lipinski definition) is 1. The van der Waals surface area contributed by atoms with Gasteiger partial charge in [0.1, 0.15) is 0 Å². The Morgan fingerprint density at radius 2 is 2.33 bits per heavy atom. The van der Waals surface area contributed by atoms with E-state index in [2.05, 4.69) is 35.6 Å². The van der Waals surface area contributed by atoms with Gasteiger partial charge in [-0.05, 0) is 19.8 Å². The molecule has 3 atom stereocenters. The molecule has 1 saturated carbocycles. The number of hydrogen-bond acceptors (Lipinski definition) is 3. The maximum atomic E-state index is 5.81. The number of nitrogens with one attached hydrogen (secondary N) is 1. The van der Waals surface area contributed by atoms with Gasteiger partial charge in [0, 0.05) is 43.5 Å². The van der Waals surface area contributed by atoms with Crippen molar-refractivity contribution in [1.29, 1.82) is 0 Å².